The van der Waals surface area contributed by atoms with E-state index in [2.05, 4.69) is 9.71 Å². The molecule has 0 aliphatic rings. The zero-order chi connectivity index (χ0) is 15.5. The summed E-state index contributed by atoms with van der Waals surface area (Å²) < 4.78 is 27.7. The van der Waals surface area contributed by atoms with Crippen LogP contribution in [0.4, 0.5) is 0 Å². The van der Waals surface area contributed by atoms with E-state index in [-0.39, 0.29) is 4.90 Å². The highest BCUT2D eigenvalue weighted by atomic mass is 32.2. The summed E-state index contributed by atoms with van der Waals surface area (Å²) in [5, 5.41) is 0. The lowest BCUT2D eigenvalue weighted by atomic mass is 10.1. The van der Waals surface area contributed by atoms with Gasteiger partial charge < -0.3 is 5.73 Å². The maximum Gasteiger partial charge on any atom is 0.241 e. The number of nitrogens with two attached hydrogens (primary N) is 1. The summed E-state index contributed by atoms with van der Waals surface area (Å²) in [6.45, 7) is 3.83. The van der Waals surface area contributed by atoms with E-state index in [1.165, 1.54) is 0 Å². The van der Waals surface area contributed by atoms with Gasteiger partial charge in [-0.1, -0.05) is 18.2 Å². The van der Waals surface area contributed by atoms with Crippen LogP contribution in [0.3, 0.4) is 0 Å². The van der Waals surface area contributed by atoms with E-state index in [0.29, 0.717) is 17.8 Å². The van der Waals surface area contributed by atoms with Crippen LogP contribution in [0.25, 0.3) is 0 Å². The molecule has 0 saturated carbocycles. The minimum absolute atomic E-state index is 0.258. The molecule has 0 bridgehead atoms. The van der Waals surface area contributed by atoms with Crippen LogP contribution in [0.5, 0.6) is 0 Å². The standard InChI is InChI=1S/C15H19N3O2S/c1-11-6-7-13(10-16)9-15(11)21(19,20)18-12(2)14-5-3-4-8-17-14/h3-9,12,18H,10,16H2,1-2H3. The second kappa shape index (κ2) is 6.34. The van der Waals surface area contributed by atoms with Gasteiger partial charge in [0, 0.05) is 12.7 Å². The Balaban J connectivity index is 2.30. The fraction of sp³-hybridized carbons (Fsp3) is 0.267. The van der Waals surface area contributed by atoms with Crippen molar-refractivity contribution >= 4 is 10.0 Å². The van der Waals surface area contributed by atoms with Gasteiger partial charge in [0.1, 0.15) is 0 Å². The summed E-state index contributed by atoms with van der Waals surface area (Å²) in [5.74, 6) is 0. The molecule has 0 saturated heterocycles. The quantitative estimate of drug-likeness (QED) is 0.883. The summed E-state index contributed by atoms with van der Waals surface area (Å²) >= 11 is 0. The predicted molar refractivity (Wildman–Crippen MR) is 82.0 cm³/mol. The van der Waals surface area contributed by atoms with E-state index < -0.39 is 16.1 Å². The summed E-state index contributed by atoms with van der Waals surface area (Å²) in [5.41, 5.74) is 7.73. The molecule has 112 valence electrons. The van der Waals surface area contributed by atoms with E-state index in [9.17, 15) is 8.42 Å². The van der Waals surface area contributed by atoms with E-state index in [0.717, 1.165) is 5.56 Å². The molecular formula is C15H19N3O2S. The van der Waals surface area contributed by atoms with E-state index in [1.54, 1.807) is 44.3 Å². The van der Waals surface area contributed by atoms with Crippen LogP contribution < -0.4 is 10.5 Å². The highest BCUT2D eigenvalue weighted by Gasteiger charge is 2.21. The molecular weight excluding hydrogens is 286 g/mol. The van der Waals surface area contributed by atoms with Gasteiger partial charge in [-0.25, -0.2) is 13.1 Å². The van der Waals surface area contributed by atoms with Crippen molar-refractivity contribution in [2.24, 2.45) is 5.73 Å². The Kier molecular flexibility index (Phi) is 4.72. The van der Waals surface area contributed by atoms with Gasteiger partial charge in [0.15, 0.2) is 0 Å². The SMILES string of the molecule is Cc1ccc(CN)cc1S(=O)(=O)NC(C)c1ccccn1. The molecule has 0 fully saturated rings. The third kappa shape index (κ3) is 3.66. The summed E-state index contributed by atoms with van der Waals surface area (Å²) in [4.78, 5) is 4.42. The van der Waals surface area contributed by atoms with Gasteiger partial charge in [-0.15, -0.1) is 0 Å². The first-order chi connectivity index (χ1) is 9.94. The Morgan fingerprint density at radius 3 is 2.67 bits per heavy atom. The molecule has 5 nitrogen and oxygen atoms in total. The number of aryl methyl sites for hydroxylation is 1. The second-order valence-corrected chi connectivity index (χ2v) is 6.58. The third-order valence-electron chi connectivity index (χ3n) is 3.24. The molecule has 1 heterocycles. The normalized spacial score (nSPS) is 13.1. The van der Waals surface area contributed by atoms with Crippen LogP contribution in [-0.2, 0) is 16.6 Å². The average molecular weight is 305 g/mol. The van der Waals surface area contributed by atoms with Crippen molar-refractivity contribution < 1.29 is 8.42 Å². The van der Waals surface area contributed by atoms with Crippen molar-refractivity contribution in [1.29, 1.82) is 0 Å². The van der Waals surface area contributed by atoms with Gasteiger partial charge in [0.05, 0.1) is 16.6 Å². The molecule has 0 radical (unpaired) electrons. The zero-order valence-corrected chi connectivity index (χ0v) is 12.9. The smallest absolute Gasteiger partial charge is 0.241 e. The van der Waals surface area contributed by atoms with Gasteiger partial charge in [-0.3, -0.25) is 4.98 Å². The number of sulfonamides is 1. The van der Waals surface area contributed by atoms with Crippen molar-refractivity contribution in [3.63, 3.8) is 0 Å². The molecule has 1 unspecified atom stereocenters. The van der Waals surface area contributed by atoms with Crippen LogP contribution in [0.2, 0.25) is 0 Å². The van der Waals surface area contributed by atoms with Crippen LogP contribution in [0.1, 0.15) is 29.8 Å². The third-order valence-corrected chi connectivity index (χ3v) is 4.92. The molecule has 3 N–H and O–H groups in total. The summed E-state index contributed by atoms with van der Waals surface area (Å²) in [6.07, 6.45) is 1.64. The Morgan fingerprint density at radius 2 is 2.05 bits per heavy atom. The molecule has 1 atom stereocenters. The maximum atomic E-state index is 12.5. The Morgan fingerprint density at radius 1 is 1.29 bits per heavy atom. The van der Waals surface area contributed by atoms with Crippen molar-refractivity contribution in [2.45, 2.75) is 31.3 Å². The second-order valence-electron chi connectivity index (χ2n) is 4.90. The first-order valence-corrected chi connectivity index (χ1v) is 8.15. The number of benzene rings is 1. The minimum Gasteiger partial charge on any atom is -0.326 e. The molecule has 21 heavy (non-hydrogen) atoms. The number of rotatable bonds is 5. The molecule has 2 rings (SSSR count). The van der Waals surface area contributed by atoms with Gasteiger partial charge in [0.2, 0.25) is 10.0 Å². The largest absolute Gasteiger partial charge is 0.326 e. The molecule has 0 spiro atoms. The van der Waals surface area contributed by atoms with Gasteiger partial charge in [-0.2, -0.15) is 0 Å². The molecule has 1 aromatic carbocycles. The fourth-order valence-electron chi connectivity index (χ4n) is 2.05. The van der Waals surface area contributed by atoms with Crippen molar-refractivity contribution in [2.75, 3.05) is 0 Å². The first kappa shape index (κ1) is 15.6. The molecule has 2 aromatic rings. The van der Waals surface area contributed by atoms with Crippen LogP contribution in [-0.4, -0.2) is 13.4 Å². The minimum atomic E-state index is -3.62. The highest BCUT2D eigenvalue weighted by molar-refractivity contribution is 7.89. The number of pyridine rings is 1. The van der Waals surface area contributed by atoms with Crippen molar-refractivity contribution in [3.05, 3.63) is 59.4 Å². The number of nitrogens with one attached hydrogen (secondary N) is 1. The molecule has 0 aliphatic heterocycles. The predicted octanol–water partition coefficient (Wildman–Crippen LogP) is 1.89. The Hall–Kier alpha value is -1.76. The number of aromatic nitrogens is 1. The summed E-state index contributed by atoms with van der Waals surface area (Å²) in [7, 11) is -3.62. The fourth-order valence-corrected chi connectivity index (χ4v) is 3.56. The van der Waals surface area contributed by atoms with Crippen molar-refractivity contribution in [3.8, 4) is 0 Å². The molecule has 0 amide bonds. The number of nitrogens with zero attached hydrogens (tertiary/aromatic N) is 1. The van der Waals surface area contributed by atoms with Crippen LogP contribution in [0, 0.1) is 6.92 Å². The zero-order valence-electron chi connectivity index (χ0n) is 12.1. The monoisotopic (exact) mass is 305 g/mol. The topological polar surface area (TPSA) is 85.1 Å². The lowest BCUT2D eigenvalue weighted by Crippen LogP contribution is -2.28. The van der Waals surface area contributed by atoms with E-state index in [4.69, 9.17) is 5.73 Å². The number of hydrogen-bond donors (Lipinski definition) is 2. The Labute approximate surface area is 125 Å². The van der Waals surface area contributed by atoms with Crippen LogP contribution >= 0.6 is 0 Å². The van der Waals surface area contributed by atoms with Gasteiger partial charge in [0.25, 0.3) is 0 Å². The maximum absolute atomic E-state index is 12.5. The summed E-state index contributed by atoms with van der Waals surface area (Å²) in [6, 6.07) is 10.2. The molecule has 6 heteroatoms. The van der Waals surface area contributed by atoms with Gasteiger partial charge in [-0.05, 0) is 43.2 Å². The lowest BCUT2D eigenvalue weighted by molar-refractivity contribution is 0.563. The number of hydrogen-bond acceptors (Lipinski definition) is 4. The van der Waals surface area contributed by atoms with Crippen molar-refractivity contribution in [1.82, 2.24) is 9.71 Å². The first-order valence-electron chi connectivity index (χ1n) is 6.67. The molecule has 1 aromatic heterocycles. The molecule has 0 aliphatic carbocycles. The van der Waals surface area contributed by atoms with E-state index in [1.807, 2.05) is 12.1 Å². The highest BCUT2D eigenvalue weighted by Crippen LogP contribution is 2.19. The van der Waals surface area contributed by atoms with Crippen LogP contribution in [0.15, 0.2) is 47.5 Å². The average Bonchev–Trinajstić information content (AvgIpc) is 2.48. The lowest BCUT2D eigenvalue weighted by Gasteiger charge is -2.15. The Bertz CT molecular complexity index is 715. The van der Waals surface area contributed by atoms with Gasteiger partial charge >= 0.3 is 0 Å². The van der Waals surface area contributed by atoms with E-state index >= 15 is 0 Å².